The lowest BCUT2D eigenvalue weighted by atomic mass is 9.87. The summed E-state index contributed by atoms with van der Waals surface area (Å²) in [5, 5.41) is 9.77. The molecule has 0 bridgehead atoms. The molecule has 1 aliphatic carbocycles. The van der Waals surface area contributed by atoms with E-state index in [-0.39, 0.29) is 11.9 Å². The molecule has 6 heteroatoms. The second kappa shape index (κ2) is 10.2. The standard InChI is InChI=1S/C22H32N4O2/c1-16-7-8-19-18(15-26-20(19)13-16)9-10-24-22(28)25-12-11-23-21(27)14-17-5-3-2-4-6-17/h7-8,13,15,17,26H,2-6,9-12,14H2,1H3,(H,23,27)(H2,24,25,28). The molecule has 152 valence electrons. The summed E-state index contributed by atoms with van der Waals surface area (Å²) in [6.07, 6.45) is 9.54. The van der Waals surface area contributed by atoms with Gasteiger partial charge in [-0.05, 0) is 49.3 Å². The molecule has 1 fully saturated rings. The molecule has 28 heavy (non-hydrogen) atoms. The number of aromatic amines is 1. The highest BCUT2D eigenvalue weighted by atomic mass is 16.2. The maximum Gasteiger partial charge on any atom is 0.314 e. The number of fused-ring (bicyclic) bond motifs is 1. The largest absolute Gasteiger partial charge is 0.361 e. The van der Waals surface area contributed by atoms with Crippen LogP contribution in [-0.2, 0) is 11.2 Å². The number of aromatic nitrogens is 1. The maximum absolute atomic E-state index is 11.9. The average molecular weight is 385 g/mol. The van der Waals surface area contributed by atoms with Gasteiger partial charge in [0.05, 0.1) is 0 Å². The lowest BCUT2D eigenvalue weighted by Gasteiger charge is -2.20. The number of hydrogen-bond acceptors (Lipinski definition) is 2. The van der Waals surface area contributed by atoms with E-state index in [1.54, 1.807) is 0 Å². The predicted octanol–water partition coefficient (Wildman–Crippen LogP) is 3.40. The van der Waals surface area contributed by atoms with Crippen LogP contribution < -0.4 is 16.0 Å². The van der Waals surface area contributed by atoms with Gasteiger partial charge in [-0.1, -0.05) is 31.4 Å². The van der Waals surface area contributed by atoms with Gasteiger partial charge in [-0.15, -0.1) is 0 Å². The van der Waals surface area contributed by atoms with Gasteiger partial charge >= 0.3 is 6.03 Å². The fourth-order valence-electron chi connectivity index (χ4n) is 3.98. The monoisotopic (exact) mass is 384 g/mol. The minimum atomic E-state index is -0.197. The van der Waals surface area contributed by atoms with E-state index >= 15 is 0 Å². The van der Waals surface area contributed by atoms with Crippen molar-refractivity contribution >= 4 is 22.8 Å². The molecule has 0 aliphatic heterocycles. The molecular weight excluding hydrogens is 352 g/mol. The van der Waals surface area contributed by atoms with Crippen LogP contribution in [0.2, 0.25) is 0 Å². The molecule has 0 unspecified atom stereocenters. The zero-order chi connectivity index (χ0) is 19.8. The third kappa shape index (κ3) is 6.01. The van der Waals surface area contributed by atoms with Gasteiger partial charge in [-0.2, -0.15) is 0 Å². The number of carbonyl (C=O) groups excluding carboxylic acids is 2. The Bertz CT molecular complexity index is 793. The Balaban J connectivity index is 1.27. The number of urea groups is 1. The van der Waals surface area contributed by atoms with E-state index in [4.69, 9.17) is 0 Å². The number of aryl methyl sites for hydroxylation is 1. The van der Waals surface area contributed by atoms with Gasteiger partial charge in [0.25, 0.3) is 0 Å². The third-order valence-corrected chi connectivity index (χ3v) is 5.53. The quantitative estimate of drug-likeness (QED) is 0.526. The number of amides is 3. The van der Waals surface area contributed by atoms with Crippen molar-refractivity contribution in [2.75, 3.05) is 19.6 Å². The maximum atomic E-state index is 11.9. The minimum absolute atomic E-state index is 0.101. The van der Waals surface area contributed by atoms with Crippen LogP contribution in [-0.4, -0.2) is 36.6 Å². The third-order valence-electron chi connectivity index (χ3n) is 5.53. The van der Waals surface area contributed by atoms with Crippen molar-refractivity contribution in [2.24, 2.45) is 5.92 Å². The molecule has 0 spiro atoms. The summed E-state index contributed by atoms with van der Waals surface area (Å²) in [5.41, 5.74) is 3.55. The number of carbonyl (C=O) groups is 2. The van der Waals surface area contributed by atoms with E-state index in [1.165, 1.54) is 48.6 Å². The molecule has 0 atom stereocenters. The lowest BCUT2D eigenvalue weighted by molar-refractivity contribution is -0.122. The average Bonchev–Trinajstić information content (AvgIpc) is 3.08. The Morgan fingerprint density at radius 2 is 1.79 bits per heavy atom. The van der Waals surface area contributed by atoms with Crippen molar-refractivity contribution in [1.29, 1.82) is 0 Å². The smallest absolute Gasteiger partial charge is 0.314 e. The van der Waals surface area contributed by atoms with Crippen molar-refractivity contribution in [3.05, 3.63) is 35.5 Å². The molecule has 4 N–H and O–H groups in total. The molecular formula is C22H32N4O2. The fourth-order valence-corrected chi connectivity index (χ4v) is 3.98. The highest BCUT2D eigenvalue weighted by Gasteiger charge is 2.16. The summed E-state index contributed by atoms with van der Waals surface area (Å²) in [7, 11) is 0. The van der Waals surface area contributed by atoms with Crippen LogP contribution in [0.3, 0.4) is 0 Å². The van der Waals surface area contributed by atoms with Gasteiger partial charge in [-0.3, -0.25) is 4.79 Å². The zero-order valence-corrected chi connectivity index (χ0v) is 16.8. The molecule has 1 aromatic carbocycles. The molecule has 1 saturated carbocycles. The Kier molecular flexibility index (Phi) is 7.34. The van der Waals surface area contributed by atoms with E-state index in [0.29, 0.717) is 32.0 Å². The van der Waals surface area contributed by atoms with Crippen molar-refractivity contribution in [1.82, 2.24) is 20.9 Å². The zero-order valence-electron chi connectivity index (χ0n) is 16.8. The minimum Gasteiger partial charge on any atom is -0.361 e. The fraction of sp³-hybridized carbons (Fsp3) is 0.545. The molecule has 0 saturated heterocycles. The second-order valence-electron chi connectivity index (χ2n) is 7.85. The second-order valence-corrected chi connectivity index (χ2v) is 7.85. The first-order chi connectivity index (χ1) is 13.6. The molecule has 1 heterocycles. The summed E-state index contributed by atoms with van der Waals surface area (Å²) in [4.78, 5) is 27.1. The van der Waals surface area contributed by atoms with Crippen LogP contribution in [0.4, 0.5) is 4.79 Å². The van der Waals surface area contributed by atoms with Gasteiger partial charge in [0, 0.05) is 43.2 Å². The number of hydrogen-bond donors (Lipinski definition) is 4. The van der Waals surface area contributed by atoms with E-state index < -0.39 is 0 Å². The Hall–Kier alpha value is -2.50. The van der Waals surface area contributed by atoms with Gasteiger partial charge in [-0.25, -0.2) is 4.79 Å². The van der Waals surface area contributed by atoms with E-state index in [0.717, 1.165) is 11.9 Å². The van der Waals surface area contributed by atoms with Crippen molar-refractivity contribution in [3.63, 3.8) is 0 Å². The normalized spacial score (nSPS) is 14.8. The first kappa shape index (κ1) is 20.2. The van der Waals surface area contributed by atoms with E-state index in [2.05, 4.69) is 46.1 Å². The molecule has 1 aliphatic rings. The van der Waals surface area contributed by atoms with Gasteiger partial charge in [0.1, 0.15) is 0 Å². The molecule has 3 amide bonds. The van der Waals surface area contributed by atoms with Crippen LogP contribution in [0.15, 0.2) is 24.4 Å². The number of nitrogens with one attached hydrogen (secondary N) is 4. The SMILES string of the molecule is Cc1ccc2c(CCNC(=O)NCCNC(=O)CC3CCCCC3)c[nH]c2c1. The van der Waals surface area contributed by atoms with Crippen LogP contribution >= 0.6 is 0 Å². The first-order valence-electron chi connectivity index (χ1n) is 10.5. The number of benzene rings is 1. The molecule has 2 aromatic rings. The highest BCUT2D eigenvalue weighted by Crippen LogP contribution is 2.26. The number of H-pyrrole nitrogens is 1. The van der Waals surface area contributed by atoms with Crippen molar-refractivity contribution < 1.29 is 9.59 Å². The summed E-state index contributed by atoms with van der Waals surface area (Å²) < 4.78 is 0. The van der Waals surface area contributed by atoms with Crippen LogP contribution in [0.1, 0.15) is 49.7 Å². The Morgan fingerprint density at radius 1 is 1.04 bits per heavy atom. The number of rotatable bonds is 8. The predicted molar refractivity (Wildman–Crippen MR) is 112 cm³/mol. The summed E-state index contributed by atoms with van der Waals surface area (Å²) >= 11 is 0. The molecule has 6 nitrogen and oxygen atoms in total. The summed E-state index contributed by atoms with van der Waals surface area (Å²) in [5.74, 6) is 0.641. The molecule has 1 aromatic heterocycles. The Labute approximate surface area is 166 Å². The Morgan fingerprint density at radius 3 is 2.61 bits per heavy atom. The first-order valence-corrected chi connectivity index (χ1v) is 10.5. The molecule has 0 radical (unpaired) electrons. The van der Waals surface area contributed by atoms with Gasteiger partial charge in [0.2, 0.25) is 5.91 Å². The molecule has 3 rings (SSSR count). The van der Waals surface area contributed by atoms with Crippen LogP contribution in [0, 0.1) is 12.8 Å². The highest BCUT2D eigenvalue weighted by molar-refractivity contribution is 5.84. The lowest BCUT2D eigenvalue weighted by Crippen LogP contribution is -2.41. The van der Waals surface area contributed by atoms with Crippen LogP contribution in [0.5, 0.6) is 0 Å². The topological polar surface area (TPSA) is 86.0 Å². The van der Waals surface area contributed by atoms with Crippen molar-refractivity contribution in [3.8, 4) is 0 Å². The van der Waals surface area contributed by atoms with Crippen LogP contribution in [0.25, 0.3) is 10.9 Å². The summed E-state index contributed by atoms with van der Waals surface area (Å²) in [6.45, 7) is 3.56. The van der Waals surface area contributed by atoms with E-state index in [9.17, 15) is 9.59 Å². The van der Waals surface area contributed by atoms with Gasteiger partial charge < -0.3 is 20.9 Å². The van der Waals surface area contributed by atoms with Crippen molar-refractivity contribution in [2.45, 2.75) is 51.9 Å². The summed E-state index contributed by atoms with van der Waals surface area (Å²) in [6, 6.07) is 6.15. The van der Waals surface area contributed by atoms with Gasteiger partial charge in [0.15, 0.2) is 0 Å². The van der Waals surface area contributed by atoms with E-state index in [1.807, 2.05) is 6.20 Å².